The molecule has 0 bridgehead atoms. The summed E-state index contributed by atoms with van der Waals surface area (Å²) in [5, 5.41) is 0. The van der Waals surface area contributed by atoms with Gasteiger partial charge in [-0.25, -0.2) is 0 Å². The summed E-state index contributed by atoms with van der Waals surface area (Å²) in [6.45, 7) is 2.22. The minimum Gasteiger partial charge on any atom is -0.398 e. The summed E-state index contributed by atoms with van der Waals surface area (Å²) >= 11 is 0. The van der Waals surface area contributed by atoms with Crippen LogP contribution in [0.1, 0.15) is 44.6 Å². The van der Waals surface area contributed by atoms with Crippen LogP contribution in [0.25, 0.3) is 0 Å². The van der Waals surface area contributed by atoms with Gasteiger partial charge in [0.15, 0.2) is 0 Å². The van der Waals surface area contributed by atoms with Crippen molar-refractivity contribution in [1.29, 1.82) is 0 Å². The monoisotopic (exact) mass is 201 g/mol. The van der Waals surface area contributed by atoms with Crippen LogP contribution in [0.4, 0.5) is 5.69 Å². The SMILES string of the molecule is CCCCCCC#Cc1ccccc1N. The van der Waals surface area contributed by atoms with Crippen molar-refractivity contribution < 1.29 is 0 Å². The first kappa shape index (κ1) is 11.7. The lowest BCUT2D eigenvalue weighted by atomic mass is 10.1. The minimum absolute atomic E-state index is 0.776. The van der Waals surface area contributed by atoms with Gasteiger partial charge in [0, 0.05) is 17.7 Å². The Morgan fingerprint density at radius 2 is 1.93 bits per heavy atom. The van der Waals surface area contributed by atoms with Crippen molar-refractivity contribution in [3.8, 4) is 11.8 Å². The maximum absolute atomic E-state index is 5.78. The van der Waals surface area contributed by atoms with Crippen LogP contribution in [-0.2, 0) is 0 Å². The molecule has 1 nitrogen and oxygen atoms in total. The number of para-hydroxylation sites is 1. The highest BCUT2D eigenvalue weighted by molar-refractivity contribution is 5.55. The van der Waals surface area contributed by atoms with Crippen LogP contribution in [0.5, 0.6) is 0 Å². The normalized spacial score (nSPS) is 9.40. The van der Waals surface area contributed by atoms with Crippen LogP contribution < -0.4 is 5.73 Å². The molecule has 1 aromatic rings. The lowest BCUT2D eigenvalue weighted by molar-refractivity contribution is 0.679. The Hall–Kier alpha value is -1.42. The molecule has 1 aromatic carbocycles. The average Bonchev–Trinajstić information content (AvgIpc) is 2.25. The fourth-order valence-corrected chi connectivity index (χ4v) is 1.41. The van der Waals surface area contributed by atoms with Crippen LogP contribution in [0.3, 0.4) is 0 Å². The van der Waals surface area contributed by atoms with E-state index >= 15 is 0 Å². The molecule has 2 N–H and O–H groups in total. The summed E-state index contributed by atoms with van der Waals surface area (Å²) in [5.41, 5.74) is 7.51. The van der Waals surface area contributed by atoms with Crippen molar-refractivity contribution >= 4 is 5.69 Å². The lowest BCUT2D eigenvalue weighted by Crippen LogP contribution is -1.88. The molecule has 80 valence electrons. The molecule has 0 amide bonds. The first-order valence-electron chi connectivity index (χ1n) is 5.68. The smallest absolute Gasteiger partial charge is 0.0474 e. The van der Waals surface area contributed by atoms with Gasteiger partial charge in [-0.15, -0.1) is 0 Å². The van der Waals surface area contributed by atoms with E-state index in [4.69, 9.17) is 5.73 Å². The van der Waals surface area contributed by atoms with Gasteiger partial charge in [-0.3, -0.25) is 0 Å². The second-order valence-electron chi connectivity index (χ2n) is 3.70. The Morgan fingerprint density at radius 3 is 2.67 bits per heavy atom. The summed E-state index contributed by atoms with van der Waals surface area (Å²) in [5.74, 6) is 6.29. The molecule has 0 saturated carbocycles. The Morgan fingerprint density at radius 1 is 1.13 bits per heavy atom. The molecular formula is C14H19N. The van der Waals surface area contributed by atoms with Gasteiger partial charge in [-0.05, 0) is 18.6 Å². The second kappa shape index (κ2) is 6.95. The summed E-state index contributed by atoms with van der Waals surface area (Å²) in [6, 6.07) is 7.76. The number of hydrogen-bond acceptors (Lipinski definition) is 1. The molecule has 0 atom stereocenters. The summed E-state index contributed by atoms with van der Waals surface area (Å²) in [7, 11) is 0. The Kier molecular flexibility index (Phi) is 5.40. The molecule has 0 fully saturated rings. The van der Waals surface area contributed by atoms with E-state index in [0.717, 1.165) is 17.7 Å². The van der Waals surface area contributed by atoms with Crippen molar-refractivity contribution in [2.45, 2.75) is 39.0 Å². The number of rotatable bonds is 4. The molecule has 0 radical (unpaired) electrons. The molecule has 0 aliphatic heterocycles. The third-order valence-electron chi connectivity index (χ3n) is 2.34. The number of anilines is 1. The van der Waals surface area contributed by atoms with Gasteiger partial charge in [0.25, 0.3) is 0 Å². The van der Waals surface area contributed by atoms with E-state index in [1.54, 1.807) is 0 Å². The van der Waals surface area contributed by atoms with E-state index in [1.165, 1.54) is 25.7 Å². The highest BCUT2D eigenvalue weighted by Crippen LogP contribution is 2.08. The molecule has 0 saturated heterocycles. The maximum Gasteiger partial charge on any atom is 0.0474 e. The van der Waals surface area contributed by atoms with E-state index in [0.29, 0.717) is 0 Å². The molecular weight excluding hydrogens is 182 g/mol. The summed E-state index contributed by atoms with van der Waals surface area (Å²) < 4.78 is 0. The second-order valence-corrected chi connectivity index (χ2v) is 3.70. The molecule has 0 heterocycles. The van der Waals surface area contributed by atoms with Crippen molar-refractivity contribution in [3.05, 3.63) is 29.8 Å². The maximum atomic E-state index is 5.78. The van der Waals surface area contributed by atoms with Gasteiger partial charge in [-0.1, -0.05) is 50.2 Å². The topological polar surface area (TPSA) is 26.0 Å². The third-order valence-corrected chi connectivity index (χ3v) is 2.34. The highest BCUT2D eigenvalue weighted by Gasteiger charge is 1.90. The number of hydrogen-bond donors (Lipinski definition) is 1. The zero-order valence-electron chi connectivity index (χ0n) is 9.42. The number of nitrogen functional groups attached to an aromatic ring is 1. The van der Waals surface area contributed by atoms with E-state index in [2.05, 4.69) is 18.8 Å². The fraction of sp³-hybridized carbons (Fsp3) is 0.429. The fourth-order valence-electron chi connectivity index (χ4n) is 1.41. The predicted octanol–water partition coefficient (Wildman–Crippen LogP) is 3.59. The number of unbranched alkanes of at least 4 members (excludes halogenated alkanes) is 4. The van der Waals surface area contributed by atoms with Gasteiger partial charge >= 0.3 is 0 Å². The Bertz CT molecular complexity index is 344. The predicted molar refractivity (Wildman–Crippen MR) is 66.5 cm³/mol. The van der Waals surface area contributed by atoms with Crippen LogP contribution in [0, 0.1) is 11.8 Å². The highest BCUT2D eigenvalue weighted by atomic mass is 14.5. The largest absolute Gasteiger partial charge is 0.398 e. The van der Waals surface area contributed by atoms with E-state index in [1.807, 2.05) is 24.3 Å². The van der Waals surface area contributed by atoms with Gasteiger partial charge < -0.3 is 5.73 Å². The van der Waals surface area contributed by atoms with E-state index in [-0.39, 0.29) is 0 Å². The first-order chi connectivity index (χ1) is 7.34. The van der Waals surface area contributed by atoms with E-state index in [9.17, 15) is 0 Å². The van der Waals surface area contributed by atoms with Gasteiger partial charge in [-0.2, -0.15) is 0 Å². The molecule has 15 heavy (non-hydrogen) atoms. The standard InChI is InChI=1S/C14H19N/c1-2-3-4-5-6-7-10-13-11-8-9-12-14(13)15/h8-9,11-12H,2-6,15H2,1H3. The molecule has 0 aliphatic rings. The van der Waals surface area contributed by atoms with Crippen LogP contribution in [0.15, 0.2) is 24.3 Å². The molecule has 0 aliphatic carbocycles. The zero-order valence-corrected chi connectivity index (χ0v) is 9.42. The Balaban J connectivity index is 2.35. The van der Waals surface area contributed by atoms with Gasteiger partial charge in [0.2, 0.25) is 0 Å². The molecule has 0 unspecified atom stereocenters. The van der Waals surface area contributed by atoms with Crippen LogP contribution in [-0.4, -0.2) is 0 Å². The first-order valence-corrected chi connectivity index (χ1v) is 5.68. The van der Waals surface area contributed by atoms with Crippen LogP contribution >= 0.6 is 0 Å². The lowest BCUT2D eigenvalue weighted by Gasteiger charge is -1.95. The minimum atomic E-state index is 0.776. The van der Waals surface area contributed by atoms with Crippen molar-refractivity contribution in [2.75, 3.05) is 5.73 Å². The zero-order chi connectivity index (χ0) is 10.9. The number of benzene rings is 1. The van der Waals surface area contributed by atoms with Gasteiger partial charge in [0.05, 0.1) is 0 Å². The van der Waals surface area contributed by atoms with Crippen molar-refractivity contribution in [2.24, 2.45) is 0 Å². The Labute approximate surface area is 92.7 Å². The summed E-state index contributed by atoms with van der Waals surface area (Å²) in [6.07, 6.45) is 6.06. The van der Waals surface area contributed by atoms with E-state index < -0.39 is 0 Å². The average molecular weight is 201 g/mol. The van der Waals surface area contributed by atoms with Crippen molar-refractivity contribution in [1.82, 2.24) is 0 Å². The molecule has 1 rings (SSSR count). The van der Waals surface area contributed by atoms with Gasteiger partial charge in [0.1, 0.15) is 0 Å². The summed E-state index contributed by atoms with van der Waals surface area (Å²) in [4.78, 5) is 0. The number of nitrogens with two attached hydrogens (primary N) is 1. The quantitative estimate of drug-likeness (QED) is 0.449. The molecule has 0 spiro atoms. The molecule has 0 aromatic heterocycles. The third kappa shape index (κ3) is 4.56. The molecule has 1 heteroatoms. The van der Waals surface area contributed by atoms with Crippen LogP contribution in [0.2, 0.25) is 0 Å². The van der Waals surface area contributed by atoms with Crippen molar-refractivity contribution in [3.63, 3.8) is 0 Å².